The van der Waals surface area contributed by atoms with E-state index in [1.54, 1.807) is 6.07 Å². The smallest absolute Gasteiger partial charge is 0.181 e. The fourth-order valence-corrected chi connectivity index (χ4v) is 2.09. The summed E-state index contributed by atoms with van der Waals surface area (Å²) in [6.07, 6.45) is 2.90. The lowest BCUT2D eigenvalue weighted by atomic mass is 10.3. The minimum Gasteiger partial charge on any atom is -0.451 e. The first kappa shape index (κ1) is 11.0. The van der Waals surface area contributed by atoms with Crippen molar-refractivity contribution in [3.05, 3.63) is 36.7 Å². The van der Waals surface area contributed by atoms with Gasteiger partial charge in [-0.05, 0) is 32.0 Å². The summed E-state index contributed by atoms with van der Waals surface area (Å²) in [4.78, 5) is 8.59. The monoisotopic (exact) mass is 245 g/mol. The lowest BCUT2D eigenvalue weighted by Gasteiger charge is -2.11. The third kappa shape index (κ3) is 1.59. The number of fused-ring (bicyclic) bond motifs is 1. The second kappa shape index (κ2) is 3.94. The molecule has 2 heterocycles. The Balaban J connectivity index is 2.35. The van der Waals surface area contributed by atoms with Crippen molar-refractivity contribution in [2.75, 3.05) is 0 Å². The average molecular weight is 245 g/mol. The van der Waals surface area contributed by atoms with Crippen molar-refractivity contribution in [2.45, 2.75) is 19.9 Å². The van der Waals surface area contributed by atoms with Gasteiger partial charge < -0.3 is 8.98 Å². The summed E-state index contributed by atoms with van der Waals surface area (Å²) in [5.74, 6) is 0.426. The van der Waals surface area contributed by atoms with Crippen LogP contribution < -0.4 is 0 Å². The maximum atomic E-state index is 13.4. The molecule has 0 unspecified atom stereocenters. The van der Waals surface area contributed by atoms with Gasteiger partial charge in [-0.1, -0.05) is 0 Å². The molecule has 0 aliphatic heterocycles. The molecular formula is C13H12FN3O. The Hall–Kier alpha value is -2.17. The van der Waals surface area contributed by atoms with Gasteiger partial charge in [-0.15, -0.1) is 0 Å². The number of nitrogens with zero attached hydrogens (tertiary/aromatic N) is 3. The van der Waals surface area contributed by atoms with Gasteiger partial charge in [0.15, 0.2) is 12.2 Å². The van der Waals surface area contributed by atoms with Crippen LogP contribution in [-0.4, -0.2) is 14.5 Å². The van der Waals surface area contributed by atoms with Crippen molar-refractivity contribution in [3.8, 4) is 11.5 Å². The van der Waals surface area contributed by atoms with Crippen LogP contribution in [0.3, 0.4) is 0 Å². The highest BCUT2D eigenvalue weighted by Gasteiger charge is 2.16. The van der Waals surface area contributed by atoms with Gasteiger partial charge >= 0.3 is 0 Å². The lowest BCUT2D eigenvalue weighted by Crippen LogP contribution is -2.03. The van der Waals surface area contributed by atoms with E-state index in [4.69, 9.17) is 4.42 Å². The first-order valence-electron chi connectivity index (χ1n) is 5.73. The predicted molar refractivity (Wildman–Crippen MR) is 65.6 cm³/mol. The van der Waals surface area contributed by atoms with Crippen molar-refractivity contribution >= 4 is 11.0 Å². The molecule has 3 aromatic rings. The highest BCUT2D eigenvalue weighted by Crippen LogP contribution is 2.27. The van der Waals surface area contributed by atoms with E-state index in [2.05, 4.69) is 9.97 Å². The number of oxazole rings is 1. The molecule has 1 aromatic carbocycles. The van der Waals surface area contributed by atoms with Crippen LogP contribution in [0.25, 0.3) is 22.6 Å². The van der Waals surface area contributed by atoms with Crippen LogP contribution >= 0.6 is 0 Å². The van der Waals surface area contributed by atoms with Gasteiger partial charge in [0.1, 0.15) is 17.8 Å². The molecule has 0 saturated heterocycles. The fraction of sp³-hybridized carbons (Fsp3) is 0.231. The van der Waals surface area contributed by atoms with Crippen LogP contribution in [-0.2, 0) is 0 Å². The van der Waals surface area contributed by atoms with Crippen molar-refractivity contribution in [3.63, 3.8) is 0 Å². The Kier molecular flexibility index (Phi) is 2.40. The molecule has 2 aromatic heterocycles. The van der Waals surface area contributed by atoms with E-state index in [1.165, 1.54) is 24.8 Å². The third-order valence-electron chi connectivity index (χ3n) is 2.83. The molecule has 5 heteroatoms. The largest absolute Gasteiger partial charge is 0.451 e. The van der Waals surface area contributed by atoms with E-state index in [0.29, 0.717) is 11.5 Å². The first-order valence-corrected chi connectivity index (χ1v) is 5.73. The van der Waals surface area contributed by atoms with Crippen molar-refractivity contribution in [1.82, 2.24) is 14.5 Å². The normalized spacial score (nSPS) is 11.6. The molecule has 0 bridgehead atoms. The zero-order valence-corrected chi connectivity index (χ0v) is 10.1. The molecule has 0 atom stereocenters. The van der Waals surface area contributed by atoms with Crippen molar-refractivity contribution in [2.24, 2.45) is 0 Å². The van der Waals surface area contributed by atoms with Crippen molar-refractivity contribution in [1.29, 1.82) is 0 Å². The molecule has 0 saturated carbocycles. The van der Waals surface area contributed by atoms with Gasteiger partial charge in [0.25, 0.3) is 0 Å². The Morgan fingerprint density at radius 1 is 1.33 bits per heavy atom. The molecule has 0 aliphatic carbocycles. The first-order chi connectivity index (χ1) is 8.66. The van der Waals surface area contributed by atoms with Gasteiger partial charge in [-0.2, -0.15) is 0 Å². The van der Waals surface area contributed by atoms with E-state index in [0.717, 1.165) is 11.0 Å². The Morgan fingerprint density at radius 3 is 2.83 bits per heavy atom. The maximum Gasteiger partial charge on any atom is 0.181 e. The van der Waals surface area contributed by atoms with Gasteiger partial charge in [-0.3, -0.25) is 0 Å². The van der Waals surface area contributed by atoms with E-state index in [9.17, 15) is 4.39 Å². The molecule has 0 N–H and O–H groups in total. The average Bonchev–Trinajstić information content (AvgIpc) is 2.94. The molecule has 0 aliphatic rings. The van der Waals surface area contributed by atoms with E-state index in [-0.39, 0.29) is 11.9 Å². The minimum atomic E-state index is -0.268. The summed E-state index contributed by atoms with van der Waals surface area (Å²) in [6.45, 7) is 4.05. The number of hydrogen-bond donors (Lipinski definition) is 0. The summed E-state index contributed by atoms with van der Waals surface area (Å²) in [5.41, 5.74) is 2.17. The summed E-state index contributed by atoms with van der Waals surface area (Å²) >= 11 is 0. The second-order valence-electron chi connectivity index (χ2n) is 4.41. The quantitative estimate of drug-likeness (QED) is 0.694. The Morgan fingerprint density at radius 2 is 2.17 bits per heavy atom. The van der Waals surface area contributed by atoms with Crippen LogP contribution in [0.2, 0.25) is 0 Å². The zero-order valence-electron chi connectivity index (χ0n) is 10.1. The number of hydrogen-bond acceptors (Lipinski definition) is 3. The van der Waals surface area contributed by atoms with Crippen LogP contribution in [0.5, 0.6) is 0 Å². The van der Waals surface area contributed by atoms with E-state index < -0.39 is 0 Å². The molecule has 0 radical (unpaired) electrons. The summed E-state index contributed by atoms with van der Waals surface area (Å²) in [5, 5.41) is 0. The molecule has 92 valence electrons. The maximum absolute atomic E-state index is 13.4. The Labute approximate surface area is 103 Å². The van der Waals surface area contributed by atoms with Crippen molar-refractivity contribution < 1.29 is 8.81 Å². The number of halogens is 1. The summed E-state index contributed by atoms with van der Waals surface area (Å²) in [7, 11) is 0. The lowest BCUT2D eigenvalue weighted by molar-refractivity contribution is 0.557. The van der Waals surface area contributed by atoms with Crippen LogP contribution in [0, 0.1) is 5.82 Å². The number of aromatic nitrogens is 3. The molecule has 0 spiro atoms. The van der Waals surface area contributed by atoms with Gasteiger partial charge in [0.2, 0.25) is 0 Å². The minimum absolute atomic E-state index is 0.156. The van der Waals surface area contributed by atoms with Gasteiger partial charge in [-0.25, -0.2) is 14.4 Å². The number of rotatable bonds is 2. The predicted octanol–water partition coefficient (Wildman–Crippen LogP) is 3.41. The van der Waals surface area contributed by atoms with Gasteiger partial charge in [0, 0.05) is 6.04 Å². The fourth-order valence-electron chi connectivity index (χ4n) is 2.09. The topological polar surface area (TPSA) is 43.9 Å². The van der Waals surface area contributed by atoms with E-state index >= 15 is 0 Å². The third-order valence-corrected chi connectivity index (χ3v) is 2.83. The standard InChI is InChI=1S/C13H12FN3O/c1-8(2)17-12-5-9(14)3-4-10(12)16-13(17)11-6-18-7-15-11/h3-8H,1-2H3. The zero-order chi connectivity index (χ0) is 12.7. The SMILES string of the molecule is CC(C)n1c(-c2cocn2)nc2ccc(F)cc21. The van der Waals surface area contributed by atoms with Crippen LogP contribution in [0.15, 0.2) is 35.3 Å². The second-order valence-corrected chi connectivity index (χ2v) is 4.41. The molecule has 3 rings (SSSR count). The summed E-state index contributed by atoms with van der Waals surface area (Å²) < 4.78 is 20.3. The van der Waals surface area contributed by atoms with Crippen LogP contribution in [0.4, 0.5) is 4.39 Å². The number of imidazole rings is 1. The van der Waals surface area contributed by atoms with E-state index in [1.807, 2.05) is 18.4 Å². The molecule has 4 nitrogen and oxygen atoms in total. The van der Waals surface area contributed by atoms with Crippen LogP contribution in [0.1, 0.15) is 19.9 Å². The molecule has 0 fully saturated rings. The molecular weight excluding hydrogens is 233 g/mol. The Bertz CT molecular complexity index is 686. The van der Waals surface area contributed by atoms with Gasteiger partial charge in [0.05, 0.1) is 11.0 Å². The highest BCUT2D eigenvalue weighted by atomic mass is 19.1. The molecule has 0 amide bonds. The molecule has 18 heavy (non-hydrogen) atoms. The summed E-state index contributed by atoms with van der Waals surface area (Å²) in [6, 6.07) is 4.73. The number of benzene rings is 1. The highest BCUT2D eigenvalue weighted by molar-refractivity contribution is 5.80.